The number of nitrogens with two attached hydrogens (primary N) is 1. The van der Waals surface area contributed by atoms with Crippen LogP contribution in [0, 0.1) is 6.92 Å². The number of anilines is 1. The van der Waals surface area contributed by atoms with Crippen LogP contribution in [0.5, 0.6) is 0 Å². The van der Waals surface area contributed by atoms with E-state index in [1.165, 1.54) is 11.3 Å². The molecule has 1 fully saturated rings. The Morgan fingerprint density at radius 3 is 2.52 bits per heavy atom. The molecule has 1 aliphatic rings. The highest BCUT2D eigenvalue weighted by atomic mass is 32.2. The summed E-state index contributed by atoms with van der Waals surface area (Å²) in [6, 6.07) is 11.1. The number of rotatable bonds is 5. The third-order valence-electron chi connectivity index (χ3n) is 3.61. The first-order valence-corrected chi connectivity index (χ1v) is 9.16. The number of hydrogen-bond donors (Lipinski definition) is 1. The zero-order chi connectivity index (χ0) is 15.0. The van der Waals surface area contributed by atoms with E-state index in [2.05, 4.69) is 0 Å². The lowest BCUT2D eigenvalue weighted by atomic mass is 10.2. The van der Waals surface area contributed by atoms with Gasteiger partial charge in [-0.3, -0.25) is 0 Å². The van der Waals surface area contributed by atoms with Crippen LogP contribution < -0.4 is 5.73 Å². The van der Waals surface area contributed by atoms with E-state index in [0.29, 0.717) is 16.4 Å². The summed E-state index contributed by atoms with van der Waals surface area (Å²) in [6.07, 6.45) is 1.85. The van der Waals surface area contributed by atoms with E-state index in [-0.39, 0.29) is 6.04 Å². The van der Waals surface area contributed by atoms with Crippen LogP contribution in [0.4, 0.5) is 5.69 Å². The molecule has 0 aliphatic heterocycles. The van der Waals surface area contributed by atoms with Crippen molar-refractivity contribution in [3.05, 3.63) is 46.8 Å². The maximum atomic E-state index is 12.8. The third-order valence-corrected chi connectivity index (χ3v) is 6.98. The Morgan fingerprint density at radius 2 is 1.95 bits per heavy atom. The number of thiophene rings is 1. The Morgan fingerprint density at radius 1 is 1.24 bits per heavy atom. The molecule has 1 aromatic heterocycles. The first-order chi connectivity index (χ1) is 9.98. The summed E-state index contributed by atoms with van der Waals surface area (Å²) in [4.78, 5) is 1.00. The lowest BCUT2D eigenvalue weighted by molar-refractivity contribution is 0.400. The summed E-state index contributed by atoms with van der Waals surface area (Å²) in [5.41, 5.74) is 7.46. The van der Waals surface area contributed by atoms with Gasteiger partial charge in [0.15, 0.2) is 0 Å². The van der Waals surface area contributed by atoms with Gasteiger partial charge >= 0.3 is 0 Å². The summed E-state index contributed by atoms with van der Waals surface area (Å²) < 4.78 is 27.7. The fourth-order valence-electron chi connectivity index (χ4n) is 2.29. The number of para-hydroxylation sites is 1. The molecule has 0 atom stereocenters. The van der Waals surface area contributed by atoms with Gasteiger partial charge in [-0.05, 0) is 43.5 Å². The van der Waals surface area contributed by atoms with Gasteiger partial charge in [0.25, 0.3) is 10.0 Å². The first-order valence-electron chi connectivity index (χ1n) is 6.90. The van der Waals surface area contributed by atoms with E-state index >= 15 is 0 Å². The summed E-state index contributed by atoms with van der Waals surface area (Å²) in [5, 5.41) is 0. The maximum Gasteiger partial charge on any atom is 0.253 e. The lowest BCUT2D eigenvalue weighted by Gasteiger charge is -2.21. The Balaban J connectivity index is 1.94. The highest BCUT2D eigenvalue weighted by Crippen LogP contribution is 2.36. The molecule has 3 rings (SSSR count). The molecule has 0 unspecified atom stereocenters. The Hall–Kier alpha value is -1.37. The lowest BCUT2D eigenvalue weighted by Crippen LogP contribution is -2.32. The molecule has 0 saturated heterocycles. The van der Waals surface area contributed by atoms with Crippen LogP contribution in [-0.4, -0.2) is 18.8 Å². The number of sulfonamides is 1. The number of nitrogens with zero attached hydrogens (tertiary/aromatic N) is 1. The van der Waals surface area contributed by atoms with E-state index in [1.54, 1.807) is 10.4 Å². The third kappa shape index (κ3) is 2.97. The molecular weight excluding hydrogens is 304 g/mol. The van der Waals surface area contributed by atoms with Crippen molar-refractivity contribution < 1.29 is 8.42 Å². The molecule has 1 aromatic carbocycles. The monoisotopic (exact) mass is 322 g/mol. The van der Waals surface area contributed by atoms with Crippen LogP contribution in [0.3, 0.4) is 0 Å². The second kappa shape index (κ2) is 5.44. The van der Waals surface area contributed by atoms with Gasteiger partial charge in [-0.1, -0.05) is 18.2 Å². The topological polar surface area (TPSA) is 63.4 Å². The molecule has 0 radical (unpaired) electrons. The first kappa shape index (κ1) is 14.6. The van der Waals surface area contributed by atoms with Crippen molar-refractivity contribution in [3.8, 4) is 0 Å². The largest absolute Gasteiger partial charge is 0.398 e. The molecule has 0 bridgehead atoms. The molecule has 1 saturated carbocycles. The quantitative estimate of drug-likeness (QED) is 0.861. The second-order valence-electron chi connectivity index (χ2n) is 5.35. The molecule has 1 aliphatic carbocycles. The number of aryl methyl sites for hydroxylation is 1. The Bertz CT molecular complexity index is 749. The van der Waals surface area contributed by atoms with Gasteiger partial charge in [0.05, 0.1) is 0 Å². The molecule has 6 heteroatoms. The van der Waals surface area contributed by atoms with Gasteiger partial charge in [0.1, 0.15) is 4.21 Å². The van der Waals surface area contributed by atoms with Gasteiger partial charge in [0, 0.05) is 23.2 Å². The van der Waals surface area contributed by atoms with Crippen LogP contribution in [-0.2, 0) is 16.6 Å². The highest BCUT2D eigenvalue weighted by Gasteiger charge is 2.38. The van der Waals surface area contributed by atoms with Crippen molar-refractivity contribution in [2.45, 2.75) is 36.6 Å². The average molecular weight is 322 g/mol. The summed E-state index contributed by atoms with van der Waals surface area (Å²) in [6.45, 7) is 2.26. The molecule has 4 nitrogen and oxygen atoms in total. The molecule has 2 N–H and O–H groups in total. The molecule has 21 heavy (non-hydrogen) atoms. The van der Waals surface area contributed by atoms with Crippen molar-refractivity contribution >= 4 is 27.0 Å². The summed E-state index contributed by atoms with van der Waals surface area (Å²) in [5.74, 6) is 0. The second-order valence-corrected chi connectivity index (χ2v) is 8.75. The van der Waals surface area contributed by atoms with E-state index in [1.807, 2.05) is 37.3 Å². The zero-order valence-electron chi connectivity index (χ0n) is 11.8. The van der Waals surface area contributed by atoms with Crippen molar-refractivity contribution in [2.24, 2.45) is 0 Å². The molecule has 1 heterocycles. The average Bonchev–Trinajstić information content (AvgIpc) is 3.18. The van der Waals surface area contributed by atoms with Crippen molar-refractivity contribution in [2.75, 3.05) is 5.73 Å². The predicted molar refractivity (Wildman–Crippen MR) is 85.7 cm³/mol. The van der Waals surface area contributed by atoms with Gasteiger partial charge in [-0.15, -0.1) is 11.3 Å². The van der Waals surface area contributed by atoms with Gasteiger partial charge in [-0.25, -0.2) is 8.42 Å². The minimum Gasteiger partial charge on any atom is -0.398 e. The van der Waals surface area contributed by atoms with Crippen LogP contribution in [0.15, 0.2) is 40.6 Å². The molecule has 2 aromatic rings. The van der Waals surface area contributed by atoms with Crippen LogP contribution >= 0.6 is 11.3 Å². The maximum absolute atomic E-state index is 12.8. The van der Waals surface area contributed by atoms with Crippen LogP contribution in [0.2, 0.25) is 0 Å². The van der Waals surface area contributed by atoms with Crippen molar-refractivity contribution in [1.29, 1.82) is 0 Å². The van der Waals surface area contributed by atoms with E-state index in [0.717, 1.165) is 23.3 Å². The summed E-state index contributed by atoms with van der Waals surface area (Å²) >= 11 is 1.32. The Kier molecular flexibility index (Phi) is 3.77. The molecular formula is C15H18N2O2S2. The number of hydrogen-bond acceptors (Lipinski definition) is 4. The zero-order valence-corrected chi connectivity index (χ0v) is 13.5. The standard InChI is InChI=1S/C15H18N2O2S2/c1-11-6-9-15(20-11)21(18,19)17(13-7-8-13)10-12-4-2-3-5-14(12)16/h2-6,9,13H,7-8,10,16H2,1H3. The molecule has 112 valence electrons. The van der Waals surface area contributed by atoms with Gasteiger partial charge in [-0.2, -0.15) is 4.31 Å². The van der Waals surface area contributed by atoms with E-state index in [4.69, 9.17) is 5.73 Å². The van der Waals surface area contributed by atoms with Crippen LogP contribution in [0.1, 0.15) is 23.3 Å². The van der Waals surface area contributed by atoms with E-state index < -0.39 is 10.0 Å². The normalized spacial score (nSPS) is 15.5. The molecule has 0 spiro atoms. The fourth-order valence-corrected chi connectivity index (χ4v) is 5.36. The van der Waals surface area contributed by atoms with Gasteiger partial charge < -0.3 is 5.73 Å². The Labute approximate surface area is 129 Å². The van der Waals surface area contributed by atoms with Crippen molar-refractivity contribution in [1.82, 2.24) is 4.31 Å². The van der Waals surface area contributed by atoms with Gasteiger partial charge in [0.2, 0.25) is 0 Å². The van der Waals surface area contributed by atoms with Crippen molar-refractivity contribution in [3.63, 3.8) is 0 Å². The molecule has 0 amide bonds. The smallest absolute Gasteiger partial charge is 0.253 e. The van der Waals surface area contributed by atoms with Crippen LogP contribution in [0.25, 0.3) is 0 Å². The fraction of sp³-hybridized carbons (Fsp3) is 0.333. The predicted octanol–water partition coefficient (Wildman–Crippen LogP) is 2.99. The van der Waals surface area contributed by atoms with E-state index in [9.17, 15) is 8.42 Å². The highest BCUT2D eigenvalue weighted by molar-refractivity contribution is 7.91. The summed E-state index contributed by atoms with van der Waals surface area (Å²) in [7, 11) is -3.44. The minimum absolute atomic E-state index is 0.108. The number of nitrogen functional groups attached to an aromatic ring is 1. The number of benzene rings is 1. The minimum atomic E-state index is -3.44. The SMILES string of the molecule is Cc1ccc(S(=O)(=O)N(Cc2ccccc2N)C2CC2)s1.